The van der Waals surface area contributed by atoms with Crippen LogP contribution in [-0.2, 0) is 6.42 Å². The molecule has 0 aromatic heterocycles. The fourth-order valence-electron chi connectivity index (χ4n) is 0.958. The number of hydrogen-bond acceptors (Lipinski definition) is 2. The van der Waals surface area contributed by atoms with Crippen molar-refractivity contribution in [2.45, 2.75) is 6.42 Å². The topological polar surface area (TPSA) is 72.2 Å². The van der Waals surface area contributed by atoms with E-state index in [1.165, 1.54) is 5.56 Å². The van der Waals surface area contributed by atoms with Gasteiger partial charge in [0.15, 0.2) is 0 Å². The summed E-state index contributed by atoms with van der Waals surface area (Å²) in [7, 11) is 0. The molecule has 4 nitrogen and oxygen atoms in total. The molecule has 2 amide bonds. The summed E-state index contributed by atoms with van der Waals surface area (Å²) in [5.74, 6) is 0. The third kappa shape index (κ3) is 16.5. The van der Waals surface area contributed by atoms with Crippen molar-refractivity contribution in [3.8, 4) is 0 Å². The summed E-state index contributed by atoms with van der Waals surface area (Å²) in [6.45, 7) is 0.645. The van der Waals surface area contributed by atoms with E-state index in [0.29, 0.717) is 6.54 Å². The molecule has 0 aliphatic heterocycles. The van der Waals surface area contributed by atoms with E-state index in [2.05, 4.69) is 36.3 Å². The van der Waals surface area contributed by atoms with Gasteiger partial charge in [0.25, 0.3) is 10.5 Å². The van der Waals surface area contributed by atoms with Crippen LogP contribution in [0.25, 0.3) is 0 Å². The van der Waals surface area contributed by atoms with Crippen LogP contribution in [0.1, 0.15) is 6.99 Å². The summed E-state index contributed by atoms with van der Waals surface area (Å²) in [4.78, 5) is 19.5. The van der Waals surface area contributed by atoms with Gasteiger partial charge in [-0.3, -0.25) is 9.59 Å². The number of nitrogens with two attached hydrogens (primary N) is 1. The van der Waals surface area contributed by atoms with E-state index >= 15 is 0 Å². The van der Waals surface area contributed by atoms with Gasteiger partial charge >= 0.3 is 51.4 Å². The van der Waals surface area contributed by atoms with Crippen LogP contribution in [0.3, 0.4) is 0 Å². The largest absolute Gasteiger partial charge is 1.00 e. The molecule has 1 aromatic rings. The van der Waals surface area contributed by atoms with Gasteiger partial charge < -0.3 is 12.5 Å². The van der Waals surface area contributed by atoms with Gasteiger partial charge in [0.2, 0.25) is 0 Å². The van der Waals surface area contributed by atoms with Crippen LogP contribution in [-0.4, -0.2) is 17.0 Å². The van der Waals surface area contributed by atoms with Crippen LogP contribution in [0.5, 0.6) is 0 Å². The van der Waals surface area contributed by atoms with Gasteiger partial charge in [0.05, 0.1) is 0 Å². The molecule has 1 aromatic carbocycles. The van der Waals surface area contributed by atoms with Crippen LogP contribution in [0.2, 0.25) is 0 Å². The van der Waals surface area contributed by atoms with Gasteiger partial charge in [-0.05, 0) is 12.0 Å². The molecule has 0 atom stereocenters. The predicted octanol–water partition coefficient (Wildman–Crippen LogP) is -1.02. The Morgan fingerprint density at radius 3 is 2.12 bits per heavy atom. The standard InChI is InChI=1S/C9H11NOS.CH3NOS.K.H/c11-9(12)10-7-6-8-4-2-1-3-5-8;2-1(3)4;;/h1-5H,6-7H2,(H2,10,11,12);(H3,2,3,4);;/q;;+1;-1. The first-order valence-electron chi connectivity index (χ1n) is 4.51. The molecule has 0 unspecified atom stereocenters. The van der Waals surface area contributed by atoms with Crippen molar-refractivity contribution in [1.29, 1.82) is 0 Å². The Morgan fingerprint density at radius 2 is 1.71 bits per heavy atom. The number of amides is 2. The minimum atomic E-state index is -0.639. The molecule has 1 rings (SSSR count). The Morgan fingerprint density at radius 1 is 1.24 bits per heavy atom. The van der Waals surface area contributed by atoms with E-state index in [9.17, 15) is 4.79 Å². The van der Waals surface area contributed by atoms with Crippen LogP contribution < -0.4 is 62.4 Å². The van der Waals surface area contributed by atoms with Crippen LogP contribution in [0, 0.1) is 0 Å². The average molecular weight is 298 g/mol. The van der Waals surface area contributed by atoms with Crippen molar-refractivity contribution in [2.75, 3.05) is 6.54 Å². The van der Waals surface area contributed by atoms with Gasteiger partial charge in [0.1, 0.15) is 0 Å². The Kier molecular flexibility index (Phi) is 15.1. The maximum atomic E-state index is 10.4. The number of rotatable bonds is 3. The monoisotopic (exact) mass is 298 g/mol. The molecule has 0 saturated carbocycles. The molecule has 0 radical (unpaired) electrons. The summed E-state index contributed by atoms with van der Waals surface area (Å²) in [6, 6.07) is 10.0. The quantitative estimate of drug-likeness (QED) is 0.426. The van der Waals surface area contributed by atoms with Crippen molar-refractivity contribution in [3.63, 3.8) is 0 Å². The number of hydrogen-bond donors (Lipinski definition) is 4. The van der Waals surface area contributed by atoms with Gasteiger partial charge in [-0.2, -0.15) is 0 Å². The molecule has 3 N–H and O–H groups in total. The maximum absolute atomic E-state index is 10.4. The summed E-state index contributed by atoms with van der Waals surface area (Å²) in [6.07, 6.45) is 0.854. The molecular weight excluding hydrogens is 283 g/mol. The van der Waals surface area contributed by atoms with Crippen molar-refractivity contribution < 1.29 is 62.4 Å². The molecule has 0 aliphatic carbocycles. The minimum absolute atomic E-state index is 0. The van der Waals surface area contributed by atoms with Gasteiger partial charge in [-0.25, -0.2) is 0 Å². The fraction of sp³-hybridized carbons (Fsp3) is 0.200. The first kappa shape index (κ1) is 19.8. The van der Waals surface area contributed by atoms with E-state index in [-0.39, 0.29) is 58.1 Å². The predicted molar refractivity (Wildman–Crippen MR) is 72.2 cm³/mol. The average Bonchev–Trinajstić information content (AvgIpc) is 2.18. The second-order valence-electron chi connectivity index (χ2n) is 2.81. The fourth-order valence-corrected chi connectivity index (χ4v) is 1.07. The molecule has 0 heterocycles. The first-order valence-corrected chi connectivity index (χ1v) is 5.41. The SMILES string of the molecule is NC(=O)S.O=C(S)NCCc1ccccc1.[H-].[K+]. The second-order valence-corrected chi connectivity index (χ2v) is 3.65. The number of primary amides is 1. The zero-order valence-electron chi connectivity index (χ0n) is 10.6. The summed E-state index contributed by atoms with van der Waals surface area (Å²) >= 11 is 6.70. The van der Waals surface area contributed by atoms with E-state index in [1.54, 1.807) is 0 Å². The summed E-state index contributed by atoms with van der Waals surface area (Å²) < 4.78 is 0. The Bertz CT molecular complexity index is 338. The van der Waals surface area contributed by atoms with Crippen molar-refractivity contribution >= 4 is 35.7 Å². The van der Waals surface area contributed by atoms with Gasteiger partial charge in [0, 0.05) is 6.54 Å². The number of carbonyl (C=O) groups is 2. The summed E-state index contributed by atoms with van der Waals surface area (Å²) in [5, 5.41) is 1.71. The third-order valence-electron chi connectivity index (χ3n) is 1.53. The number of nitrogens with one attached hydrogen (secondary N) is 1. The first-order chi connectivity index (χ1) is 7.52. The molecule has 0 saturated heterocycles. The zero-order chi connectivity index (χ0) is 12.4. The van der Waals surface area contributed by atoms with Crippen LogP contribution in [0.4, 0.5) is 9.59 Å². The van der Waals surface area contributed by atoms with Gasteiger partial charge in [-0.1, -0.05) is 55.6 Å². The normalized spacial score (nSPS) is 8.12. The van der Waals surface area contributed by atoms with E-state index in [4.69, 9.17) is 4.79 Å². The molecule has 0 bridgehead atoms. The Hall–Kier alpha value is 0.496. The molecule has 17 heavy (non-hydrogen) atoms. The van der Waals surface area contributed by atoms with Crippen molar-refractivity contribution in [3.05, 3.63) is 35.9 Å². The number of carbonyl (C=O) groups excluding carboxylic acids is 2. The van der Waals surface area contributed by atoms with E-state index < -0.39 is 5.24 Å². The number of benzene rings is 1. The molecule has 0 fully saturated rings. The van der Waals surface area contributed by atoms with E-state index in [0.717, 1.165) is 6.42 Å². The van der Waals surface area contributed by atoms with Crippen LogP contribution >= 0.6 is 25.3 Å². The number of thiol groups is 2. The Balaban J connectivity index is -0.000000332. The third-order valence-corrected chi connectivity index (χ3v) is 1.69. The zero-order valence-corrected chi connectivity index (χ0v) is 14.5. The van der Waals surface area contributed by atoms with E-state index in [1.807, 2.05) is 30.3 Å². The summed E-state index contributed by atoms with van der Waals surface area (Å²) in [5.41, 5.74) is 5.56. The smallest absolute Gasteiger partial charge is 1.00 e. The van der Waals surface area contributed by atoms with Gasteiger partial charge in [-0.15, -0.1) is 0 Å². The molecule has 7 heteroatoms. The van der Waals surface area contributed by atoms with Crippen molar-refractivity contribution in [1.82, 2.24) is 5.32 Å². The van der Waals surface area contributed by atoms with Crippen molar-refractivity contribution in [2.24, 2.45) is 5.73 Å². The maximum Gasteiger partial charge on any atom is 1.00 e. The van der Waals surface area contributed by atoms with Crippen LogP contribution in [0.15, 0.2) is 30.3 Å². The molecule has 90 valence electrons. The molecular formula is C10H15KN2O2S2. The minimum Gasteiger partial charge on any atom is -1.00 e. The Labute approximate surface area is 156 Å². The molecule has 0 aliphatic rings. The molecule has 0 spiro atoms. The second kappa shape index (κ2) is 12.9.